The topological polar surface area (TPSA) is 86.8 Å². The van der Waals surface area contributed by atoms with E-state index in [1.807, 2.05) is 54.6 Å². The fourth-order valence-corrected chi connectivity index (χ4v) is 6.58. The summed E-state index contributed by atoms with van der Waals surface area (Å²) in [5, 5.41) is 2.78. The summed E-state index contributed by atoms with van der Waals surface area (Å²) in [7, 11) is -2.77. The Labute approximate surface area is 264 Å². The zero-order valence-corrected chi connectivity index (χ0v) is 26.5. The van der Waals surface area contributed by atoms with Gasteiger partial charge in [0.15, 0.2) is 0 Å². The molecule has 0 fully saturated rings. The van der Waals surface area contributed by atoms with E-state index in [0.29, 0.717) is 0 Å². The third-order valence-corrected chi connectivity index (χ3v) is 9.71. The third-order valence-electron chi connectivity index (χ3n) is 6.59. The minimum atomic E-state index is -4.27. The van der Waals surface area contributed by atoms with E-state index in [1.54, 1.807) is 24.3 Å². The van der Waals surface area contributed by atoms with Crippen molar-refractivity contribution in [3.63, 3.8) is 0 Å². The molecule has 0 spiro atoms. The van der Waals surface area contributed by atoms with E-state index < -0.39 is 28.5 Å². The SMILES string of the molecule is CNC(=O)[C@@H](Cc1ccccc1)N(Cc1ccc(Br)cc1)C(=O)CN(c1cccc(Cl)c1Cl)S(=O)(=O)c1ccccc1. The average molecular weight is 689 g/mol. The number of carbonyl (C=O) groups is 2. The number of nitrogens with one attached hydrogen (secondary N) is 1. The molecule has 0 aliphatic rings. The van der Waals surface area contributed by atoms with E-state index in [4.69, 9.17) is 23.2 Å². The zero-order valence-electron chi connectivity index (χ0n) is 22.6. The Morgan fingerprint density at radius 2 is 1.45 bits per heavy atom. The standard InChI is InChI=1S/C31H28BrCl2N3O4S/c1-35-31(39)28(19-22-9-4-2-5-10-22)36(20-23-15-17-24(32)18-16-23)29(38)21-37(27-14-8-13-26(33)30(27)34)42(40,41)25-11-6-3-7-12-25/h2-18,28H,19-21H2,1H3,(H,35,39)/t28-/m1/s1. The number of benzene rings is 4. The second-order valence-electron chi connectivity index (χ2n) is 9.37. The first-order valence-corrected chi connectivity index (χ1v) is 15.9. The lowest BCUT2D eigenvalue weighted by Crippen LogP contribution is -2.53. The van der Waals surface area contributed by atoms with Crippen LogP contribution in [-0.4, -0.2) is 44.8 Å². The average Bonchev–Trinajstić information content (AvgIpc) is 3.00. The van der Waals surface area contributed by atoms with E-state index in [1.165, 1.54) is 36.2 Å². The molecule has 1 atom stereocenters. The maximum atomic E-state index is 14.3. The molecule has 0 heterocycles. The van der Waals surface area contributed by atoms with Crippen LogP contribution in [0.4, 0.5) is 5.69 Å². The van der Waals surface area contributed by atoms with Crippen molar-refractivity contribution in [3.8, 4) is 0 Å². The second-order valence-corrected chi connectivity index (χ2v) is 12.9. The smallest absolute Gasteiger partial charge is 0.264 e. The Hall–Kier alpha value is -3.37. The van der Waals surface area contributed by atoms with Crippen LogP contribution in [0.5, 0.6) is 0 Å². The largest absolute Gasteiger partial charge is 0.357 e. The number of likely N-dealkylation sites (N-methyl/N-ethyl adjacent to an activating group) is 1. The van der Waals surface area contributed by atoms with Crippen molar-refractivity contribution in [1.29, 1.82) is 0 Å². The zero-order chi connectivity index (χ0) is 30.3. The minimum absolute atomic E-state index is 0.0157. The highest BCUT2D eigenvalue weighted by Crippen LogP contribution is 2.35. The molecule has 0 unspecified atom stereocenters. The summed E-state index contributed by atoms with van der Waals surface area (Å²) >= 11 is 16.2. The van der Waals surface area contributed by atoms with Gasteiger partial charge in [0.05, 0.1) is 20.6 Å². The van der Waals surface area contributed by atoms with Gasteiger partial charge in [0.1, 0.15) is 12.6 Å². The number of hydrogen-bond acceptors (Lipinski definition) is 4. The fourth-order valence-electron chi connectivity index (χ4n) is 4.43. The molecule has 0 aromatic heterocycles. The van der Waals surface area contributed by atoms with Crippen LogP contribution in [0.15, 0.2) is 112 Å². The molecular formula is C31H28BrCl2N3O4S. The van der Waals surface area contributed by atoms with Gasteiger partial charge in [-0.1, -0.05) is 106 Å². The van der Waals surface area contributed by atoms with Gasteiger partial charge in [-0.3, -0.25) is 13.9 Å². The van der Waals surface area contributed by atoms with Gasteiger partial charge in [0.2, 0.25) is 11.8 Å². The minimum Gasteiger partial charge on any atom is -0.357 e. The molecule has 0 saturated heterocycles. The van der Waals surface area contributed by atoms with Crippen molar-refractivity contribution in [1.82, 2.24) is 10.2 Å². The number of amides is 2. The molecule has 0 saturated carbocycles. The summed E-state index contributed by atoms with van der Waals surface area (Å²) in [5.41, 5.74) is 1.64. The normalized spacial score (nSPS) is 11.9. The number of rotatable bonds is 11. The van der Waals surface area contributed by atoms with Crippen LogP contribution in [0, 0.1) is 0 Å². The van der Waals surface area contributed by atoms with Crippen molar-refractivity contribution >= 4 is 66.7 Å². The quantitative estimate of drug-likeness (QED) is 0.199. The molecule has 0 aliphatic heterocycles. The van der Waals surface area contributed by atoms with Crippen LogP contribution in [0.3, 0.4) is 0 Å². The molecule has 42 heavy (non-hydrogen) atoms. The lowest BCUT2D eigenvalue weighted by Gasteiger charge is -2.33. The van der Waals surface area contributed by atoms with E-state index in [-0.39, 0.29) is 39.5 Å². The summed E-state index contributed by atoms with van der Waals surface area (Å²) in [6, 6.07) is 28.0. The second kappa shape index (κ2) is 14.2. The van der Waals surface area contributed by atoms with Gasteiger partial charge in [-0.2, -0.15) is 0 Å². The molecule has 0 bridgehead atoms. The number of hydrogen-bond donors (Lipinski definition) is 1. The van der Waals surface area contributed by atoms with Gasteiger partial charge >= 0.3 is 0 Å². The molecule has 11 heteroatoms. The van der Waals surface area contributed by atoms with Gasteiger partial charge in [-0.25, -0.2) is 8.42 Å². The molecule has 1 N–H and O–H groups in total. The molecule has 4 aromatic rings. The number of halogens is 3. The number of nitrogens with zero attached hydrogens (tertiary/aromatic N) is 2. The Morgan fingerprint density at radius 1 is 0.833 bits per heavy atom. The monoisotopic (exact) mass is 687 g/mol. The van der Waals surface area contributed by atoms with Crippen LogP contribution < -0.4 is 9.62 Å². The summed E-state index contributed by atoms with van der Waals surface area (Å²) in [5.74, 6) is -0.986. The van der Waals surface area contributed by atoms with Crippen LogP contribution in [-0.2, 0) is 32.6 Å². The van der Waals surface area contributed by atoms with Crippen molar-refractivity contribution in [3.05, 3.63) is 129 Å². The fraction of sp³-hybridized carbons (Fsp3) is 0.161. The lowest BCUT2D eigenvalue weighted by atomic mass is 10.0. The van der Waals surface area contributed by atoms with Crippen LogP contribution in [0.1, 0.15) is 11.1 Å². The maximum Gasteiger partial charge on any atom is 0.264 e. The van der Waals surface area contributed by atoms with Gasteiger partial charge in [-0.05, 0) is 47.5 Å². The third kappa shape index (κ3) is 7.52. The van der Waals surface area contributed by atoms with Crippen molar-refractivity contribution in [2.75, 3.05) is 17.9 Å². The Balaban J connectivity index is 1.81. The van der Waals surface area contributed by atoms with Crippen LogP contribution in [0.25, 0.3) is 0 Å². The number of sulfonamides is 1. The highest BCUT2D eigenvalue weighted by Gasteiger charge is 2.35. The highest BCUT2D eigenvalue weighted by molar-refractivity contribution is 9.10. The van der Waals surface area contributed by atoms with Crippen molar-refractivity contribution in [2.45, 2.75) is 23.9 Å². The van der Waals surface area contributed by atoms with E-state index in [2.05, 4.69) is 21.2 Å². The maximum absolute atomic E-state index is 14.3. The summed E-state index contributed by atoms with van der Waals surface area (Å²) in [6.45, 7) is -0.574. The molecule has 2 amide bonds. The first kappa shape index (κ1) is 31.6. The Morgan fingerprint density at radius 3 is 2.07 bits per heavy atom. The van der Waals surface area contributed by atoms with Crippen molar-refractivity contribution < 1.29 is 18.0 Å². The predicted molar refractivity (Wildman–Crippen MR) is 170 cm³/mol. The molecule has 0 aliphatic carbocycles. The molecule has 4 aromatic carbocycles. The van der Waals surface area contributed by atoms with E-state index >= 15 is 0 Å². The molecular weight excluding hydrogens is 661 g/mol. The van der Waals surface area contributed by atoms with Crippen molar-refractivity contribution in [2.24, 2.45) is 0 Å². The first-order chi connectivity index (χ1) is 20.1. The van der Waals surface area contributed by atoms with E-state index in [9.17, 15) is 18.0 Å². The first-order valence-electron chi connectivity index (χ1n) is 12.9. The highest BCUT2D eigenvalue weighted by atomic mass is 79.9. The van der Waals surface area contributed by atoms with Gasteiger partial charge in [0, 0.05) is 24.5 Å². The molecule has 218 valence electrons. The predicted octanol–water partition coefficient (Wildman–Crippen LogP) is 6.34. The lowest BCUT2D eigenvalue weighted by molar-refractivity contribution is -0.139. The number of anilines is 1. The van der Waals surface area contributed by atoms with Gasteiger partial charge in [-0.15, -0.1) is 0 Å². The van der Waals surface area contributed by atoms with E-state index in [0.717, 1.165) is 19.9 Å². The van der Waals surface area contributed by atoms with Gasteiger partial charge < -0.3 is 10.2 Å². The summed E-state index contributed by atoms with van der Waals surface area (Å²) in [4.78, 5) is 29.0. The molecule has 4 rings (SSSR count). The Kier molecular flexibility index (Phi) is 10.7. The van der Waals surface area contributed by atoms with Crippen LogP contribution >= 0.6 is 39.1 Å². The summed E-state index contributed by atoms with van der Waals surface area (Å²) in [6.07, 6.45) is 0.214. The molecule has 7 nitrogen and oxygen atoms in total. The molecule has 0 radical (unpaired) electrons. The Bertz CT molecular complexity index is 1640. The van der Waals surface area contributed by atoms with Gasteiger partial charge in [0.25, 0.3) is 10.0 Å². The summed E-state index contributed by atoms with van der Waals surface area (Å²) < 4.78 is 29.7. The number of carbonyl (C=O) groups excluding carboxylic acids is 2. The van der Waals surface area contributed by atoms with Crippen LogP contribution in [0.2, 0.25) is 10.0 Å².